The number of halogens is 2. The maximum atomic E-state index is 13.5. The van der Waals surface area contributed by atoms with Crippen molar-refractivity contribution in [3.8, 4) is 11.5 Å². The van der Waals surface area contributed by atoms with Gasteiger partial charge in [-0.25, -0.2) is 8.78 Å². The summed E-state index contributed by atoms with van der Waals surface area (Å²) in [5.74, 6) is -2.00. The van der Waals surface area contributed by atoms with Gasteiger partial charge in [0.15, 0.2) is 17.3 Å². The molecule has 1 aromatic heterocycles. The van der Waals surface area contributed by atoms with E-state index in [9.17, 15) is 18.7 Å². The van der Waals surface area contributed by atoms with Crippen LogP contribution in [0, 0.1) is 11.6 Å². The van der Waals surface area contributed by atoms with E-state index in [0.717, 1.165) is 6.07 Å². The molecule has 128 valence electrons. The topological polar surface area (TPSA) is 71.7 Å². The molecule has 2 N–H and O–H groups in total. The third kappa shape index (κ3) is 3.95. The fourth-order valence-electron chi connectivity index (χ4n) is 2.08. The lowest BCUT2D eigenvalue weighted by Crippen LogP contribution is -2.10. The maximum Gasteiger partial charge on any atom is 0.291 e. The van der Waals surface area contributed by atoms with Gasteiger partial charge in [-0.05, 0) is 36.4 Å². The minimum atomic E-state index is -0.830. The fraction of sp³-hybridized carbons (Fsp3) is 0.0556. The molecule has 0 unspecified atom stereocenters. The smallest absolute Gasteiger partial charge is 0.291 e. The van der Waals surface area contributed by atoms with E-state index in [2.05, 4.69) is 5.32 Å². The number of phenolic OH excluding ortho intramolecular Hbond substituents is 1. The minimum absolute atomic E-state index is 0.00133. The molecule has 7 heteroatoms. The van der Waals surface area contributed by atoms with Crippen LogP contribution in [0.1, 0.15) is 16.3 Å². The molecule has 3 aromatic rings. The molecule has 1 heterocycles. The summed E-state index contributed by atoms with van der Waals surface area (Å²) in [6.45, 7) is -0.133. The van der Waals surface area contributed by atoms with E-state index in [0.29, 0.717) is 6.07 Å². The third-order valence-electron chi connectivity index (χ3n) is 3.30. The second-order valence-electron chi connectivity index (χ2n) is 5.10. The Kier molecular flexibility index (Phi) is 4.65. The van der Waals surface area contributed by atoms with Crippen molar-refractivity contribution in [3.05, 3.63) is 77.8 Å². The van der Waals surface area contributed by atoms with Gasteiger partial charge in [0, 0.05) is 6.07 Å². The first kappa shape index (κ1) is 16.5. The monoisotopic (exact) mass is 345 g/mol. The number of carbonyl (C=O) groups excluding carboxylic acids is 1. The third-order valence-corrected chi connectivity index (χ3v) is 3.30. The fourth-order valence-corrected chi connectivity index (χ4v) is 2.08. The zero-order chi connectivity index (χ0) is 17.8. The van der Waals surface area contributed by atoms with Crippen LogP contribution in [0.15, 0.2) is 59.0 Å². The average molecular weight is 345 g/mol. The van der Waals surface area contributed by atoms with E-state index in [1.807, 2.05) is 0 Å². The lowest BCUT2D eigenvalue weighted by Gasteiger charge is -2.06. The van der Waals surface area contributed by atoms with E-state index < -0.39 is 17.5 Å². The standard InChI is InChI=1S/C18H13F2NO4/c19-11-5-7-16(13(20)9-11)24-10-12-6-8-17(25-12)18(23)21-14-3-1-2-4-15(14)22/h1-9,22H,10H2,(H,21,23). The Labute approximate surface area is 141 Å². The molecule has 0 radical (unpaired) electrons. The first-order chi connectivity index (χ1) is 12.0. The SMILES string of the molecule is O=C(Nc1ccccc1O)c1ccc(COc2ccc(F)cc2F)o1. The Morgan fingerprint density at radius 2 is 1.92 bits per heavy atom. The summed E-state index contributed by atoms with van der Waals surface area (Å²) < 4.78 is 36.8. The molecule has 25 heavy (non-hydrogen) atoms. The van der Waals surface area contributed by atoms with E-state index in [1.54, 1.807) is 12.1 Å². The highest BCUT2D eigenvalue weighted by atomic mass is 19.1. The minimum Gasteiger partial charge on any atom is -0.506 e. The summed E-state index contributed by atoms with van der Waals surface area (Å²) in [4.78, 5) is 12.1. The molecule has 2 aromatic carbocycles. The van der Waals surface area contributed by atoms with Gasteiger partial charge in [-0.3, -0.25) is 4.79 Å². The number of rotatable bonds is 5. The number of aromatic hydroxyl groups is 1. The van der Waals surface area contributed by atoms with Crippen LogP contribution in [0.2, 0.25) is 0 Å². The van der Waals surface area contributed by atoms with Gasteiger partial charge in [-0.2, -0.15) is 0 Å². The van der Waals surface area contributed by atoms with Gasteiger partial charge in [0.1, 0.15) is 23.9 Å². The first-order valence-corrected chi connectivity index (χ1v) is 7.29. The van der Waals surface area contributed by atoms with Crippen LogP contribution < -0.4 is 10.1 Å². The zero-order valence-electron chi connectivity index (χ0n) is 12.8. The second kappa shape index (κ2) is 7.04. The molecule has 0 spiro atoms. The number of phenols is 1. The molecule has 5 nitrogen and oxygen atoms in total. The van der Waals surface area contributed by atoms with E-state index >= 15 is 0 Å². The Morgan fingerprint density at radius 1 is 1.12 bits per heavy atom. The van der Waals surface area contributed by atoms with Crippen molar-refractivity contribution >= 4 is 11.6 Å². The average Bonchev–Trinajstić information content (AvgIpc) is 3.05. The number of nitrogens with one attached hydrogen (secondary N) is 1. The van der Waals surface area contributed by atoms with E-state index in [1.165, 1.54) is 30.3 Å². The Hall–Kier alpha value is -3.35. The molecule has 1 amide bonds. The van der Waals surface area contributed by atoms with Crippen molar-refractivity contribution < 1.29 is 27.8 Å². The van der Waals surface area contributed by atoms with Crippen LogP contribution >= 0.6 is 0 Å². The van der Waals surface area contributed by atoms with Gasteiger partial charge in [-0.15, -0.1) is 0 Å². The van der Waals surface area contributed by atoms with Gasteiger partial charge < -0.3 is 19.6 Å². The number of ether oxygens (including phenoxy) is 1. The van der Waals surface area contributed by atoms with Crippen LogP contribution in [0.3, 0.4) is 0 Å². The molecule has 0 bridgehead atoms. The summed E-state index contributed by atoms with van der Waals surface area (Å²) in [5, 5.41) is 12.1. The van der Waals surface area contributed by atoms with Crippen LogP contribution in [0.5, 0.6) is 11.5 Å². The molecule has 0 aliphatic heterocycles. The number of furan rings is 1. The lowest BCUT2D eigenvalue weighted by molar-refractivity contribution is 0.0992. The van der Waals surface area contributed by atoms with Gasteiger partial charge >= 0.3 is 0 Å². The highest BCUT2D eigenvalue weighted by Crippen LogP contribution is 2.23. The molecule has 0 fully saturated rings. The van der Waals surface area contributed by atoms with Crippen molar-refractivity contribution in [2.45, 2.75) is 6.61 Å². The van der Waals surface area contributed by atoms with E-state index in [4.69, 9.17) is 9.15 Å². The number of hydrogen-bond acceptors (Lipinski definition) is 4. The summed E-state index contributed by atoms with van der Waals surface area (Å²) in [7, 11) is 0. The largest absolute Gasteiger partial charge is 0.506 e. The number of hydrogen-bond donors (Lipinski definition) is 2. The molecular formula is C18H13F2NO4. The summed E-state index contributed by atoms with van der Waals surface area (Å²) in [6, 6.07) is 12.1. The molecule has 0 saturated carbocycles. The second-order valence-corrected chi connectivity index (χ2v) is 5.10. The van der Waals surface area contributed by atoms with Crippen molar-refractivity contribution in [2.24, 2.45) is 0 Å². The highest BCUT2D eigenvalue weighted by molar-refractivity contribution is 6.03. The summed E-state index contributed by atoms with van der Waals surface area (Å²) in [6.07, 6.45) is 0. The van der Waals surface area contributed by atoms with Crippen LogP contribution in [0.4, 0.5) is 14.5 Å². The lowest BCUT2D eigenvalue weighted by atomic mass is 10.3. The zero-order valence-corrected chi connectivity index (χ0v) is 12.8. The summed E-state index contributed by atoms with van der Waals surface area (Å²) >= 11 is 0. The van der Waals surface area contributed by atoms with Gasteiger partial charge in [0.2, 0.25) is 0 Å². The van der Waals surface area contributed by atoms with Gasteiger partial charge in [-0.1, -0.05) is 12.1 Å². The summed E-state index contributed by atoms with van der Waals surface area (Å²) in [5.41, 5.74) is 0.245. The Morgan fingerprint density at radius 3 is 2.68 bits per heavy atom. The molecule has 0 saturated heterocycles. The number of benzene rings is 2. The van der Waals surface area contributed by atoms with Crippen LogP contribution in [-0.2, 0) is 6.61 Å². The Balaban J connectivity index is 1.64. The molecule has 0 atom stereocenters. The first-order valence-electron chi connectivity index (χ1n) is 7.29. The van der Waals surface area contributed by atoms with Gasteiger partial charge in [0.05, 0.1) is 5.69 Å². The van der Waals surface area contributed by atoms with Crippen molar-refractivity contribution in [1.29, 1.82) is 0 Å². The molecule has 0 aliphatic carbocycles. The normalized spacial score (nSPS) is 10.5. The predicted octanol–water partition coefficient (Wildman–Crippen LogP) is 4.09. The van der Waals surface area contributed by atoms with E-state index in [-0.39, 0.29) is 35.3 Å². The Bertz CT molecular complexity index is 908. The maximum absolute atomic E-state index is 13.5. The molecular weight excluding hydrogens is 332 g/mol. The van der Waals surface area contributed by atoms with Crippen LogP contribution in [0.25, 0.3) is 0 Å². The quantitative estimate of drug-likeness (QED) is 0.683. The van der Waals surface area contributed by atoms with Crippen molar-refractivity contribution in [2.75, 3.05) is 5.32 Å². The van der Waals surface area contributed by atoms with Crippen molar-refractivity contribution in [1.82, 2.24) is 0 Å². The van der Waals surface area contributed by atoms with Gasteiger partial charge in [0.25, 0.3) is 5.91 Å². The molecule has 0 aliphatic rings. The van der Waals surface area contributed by atoms with Crippen LogP contribution in [-0.4, -0.2) is 11.0 Å². The highest BCUT2D eigenvalue weighted by Gasteiger charge is 2.14. The predicted molar refractivity (Wildman–Crippen MR) is 85.5 cm³/mol. The number of carbonyl (C=O) groups is 1. The number of para-hydroxylation sites is 2. The van der Waals surface area contributed by atoms with Crippen molar-refractivity contribution in [3.63, 3.8) is 0 Å². The molecule has 3 rings (SSSR count). The number of amides is 1. The number of anilines is 1.